The molecule has 0 bridgehead atoms. The minimum Gasteiger partial charge on any atom is -0.310 e. The first-order chi connectivity index (χ1) is 7.54. The van der Waals surface area contributed by atoms with Gasteiger partial charge in [-0.05, 0) is 37.3 Å². The maximum absolute atomic E-state index is 3.48. The molecule has 16 heavy (non-hydrogen) atoms. The zero-order valence-corrected chi connectivity index (χ0v) is 10.9. The number of hydrogen-bond acceptors (Lipinski definition) is 1. The highest BCUT2D eigenvalue weighted by Gasteiger charge is 2.38. The van der Waals surface area contributed by atoms with Gasteiger partial charge in [0.2, 0.25) is 0 Å². The summed E-state index contributed by atoms with van der Waals surface area (Å²) in [5.74, 6) is 1.36. The van der Waals surface area contributed by atoms with E-state index in [0.29, 0.717) is 11.8 Å². The molecule has 1 nitrogen and oxygen atoms in total. The molecule has 0 radical (unpaired) electrons. The van der Waals surface area contributed by atoms with Crippen molar-refractivity contribution in [3.05, 3.63) is 35.4 Å². The monoisotopic (exact) mass is 217 g/mol. The summed E-state index contributed by atoms with van der Waals surface area (Å²) < 4.78 is 0. The van der Waals surface area contributed by atoms with Crippen molar-refractivity contribution in [3.8, 4) is 0 Å². The smallest absolute Gasteiger partial charge is 0.0206 e. The van der Waals surface area contributed by atoms with E-state index < -0.39 is 0 Å². The third kappa shape index (κ3) is 2.01. The van der Waals surface area contributed by atoms with Crippen LogP contribution in [0, 0.1) is 0 Å². The van der Waals surface area contributed by atoms with E-state index in [9.17, 15) is 0 Å². The van der Waals surface area contributed by atoms with E-state index >= 15 is 0 Å². The summed E-state index contributed by atoms with van der Waals surface area (Å²) in [4.78, 5) is 0. The lowest BCUT2D eigenvalue weighted by atomic mass is 9.75. The Hall–Kier alpha value is -0.820. The van der Waals surface area contributed by atoms with E-state index in [4.69, 9.17) is 0 Å². The van der Waals surface area contributed by atoms with E-state index in [1.807, 2.05) is 0 Å². The van der Waals surface area contributed by atoms with Gasteiger partial charge in [0.1, 0.15) is 0 Å². The van der Waals surface area contributed by atoms with E-state index in [-0.39, 0.29) is 5.54 Å². The van der Waals surface area contributed by atoms with Crippen LogP contribution in [-0.4, -0.2) is 12.1 Å². The van der Waals surface area contributed by atoms with Crippen LogP contribution in [0.2, 0.25) is 0 Å². The van der Waals surface area contributed by atoms with Crippen LogP contribution in [0.25, 0.3) is 0 Å². The Morgan fingerprint density at radius 3 is 2.31 bits per heavy atom. The van der Waals surface area contributed by atoms with Crippen molar-refractivity contribution in [2.45, 2.75) is 51.5 Å². The molecule has 1 aliphatic heterocycles. The highest BCUT2D eigenvalue weighted by Crippen LogP contribution is 2.35. The van der Waals surface area contributed by atoms with Crippen molar-refractivity contribution in [1.29, 1.82) is 0 Å². The predicted octanol–water partition coefficient (Wildman–Crippen LogP) is 3.67. The van der Waals surface area contributed by atoms with Gasteiger partial charge in [0.25, 0.3) is 0 Å². The van der Waals surface area contributed by atoms with Gasteiger partial charge in [0.05, 0.1) is 0 Å². The van der Waals surface area contributed by atoms with Gasteiger partial charge in [-0.2, -0.15) is 0 Å². The molecule has 88 valence electrons. The fraction of sp³-hybridized carbons (Fsp3) is 0.600. The molecule has 2 unspecified atom stereocenters. The normalized spacial score (nSPS) is 24.9. The first-order valence-electron chi connectivity index (χ1n) is 6.39. The van der Waals surface area contributed by atoms with E-state index in [1.165, 1.54) is 17.5 Å². The van der Waals surface area contributed by atoms with E-state index in [0.717, 1.165) is 6.54 Å². The second-order valence-electron chi connectivity index (χ2n) is 5.63. The molecule has 1 aliphatic rings. The molecule has 1 heteroatoms. The van der Waals surface area contributed by atoms with Crippen molar-refractivity contribution in [1.82, 2.24) is 5.32 Å². The highest BCUT2D eigenvalue weighted by molar-refractivity contribution is 5.31. The maximum Gasteiger partial charge on any atom is 0.0206 e. The zero-order chi connectivity index (χ0) is 11.8. The summed E-state index contributed by atoms with van der Waals surface area (Å²) in [6.45, 7) is 10.2. The Morgan fingerprint density at radius 2 is 1.94 bits per heavy atom. The van der Waals surface area contributed by atoms with Crippen LogP contribution in [0.1, 0.15) is 57.1 Å². The van der Waals surface area contributed by atoms with Crippen LogP contribution < -0.4 is 5.32 Å². The molecule has 0 aliphatic carbocycles. The Balaban J connectivity index is 2.14. The molecule has 0 spiro atoms. The first-order valence-corrected chi connectivity index (χ1v) is 6.39. The molecule has 1 fully saturated rings. The highest BCUT2D eigenvalue weighted by atomic mass is 15.1. The van der Waals surface area contributed by atoms with Crippen LogP contribution in [0.5, 0.6) is 0 Å². The van der Waals surface area contributed by atoms with Crippen molar-refractivity contribution < 1.29 is 0 Å². The minimum absolute atomic E-state index is 0.276. The Kier molecular flexibility index (Phi) is 3.07. The molecule has 1 N–H and O–H groups in total. The number of hydrogen-bond donors (Lipinski definition) is 1. The van der Waals surface area contributed by atoms with Crippen molar-refractivity contribution in [2.75, 3.05) is 6.54 Å². The fourth-order valence-corrected chi connectivity index (χ4v) is 2.44. The lowest BCUT2D eigenvalue weighted by molar-refractivity contribution is 0.208. The lowest BCUT2D eigenvalue weighted by Crippen LogP contribution is -2.59. The number of rotatable bonds is 3. The summed E-state index contributed by atoms with van der Waals surface area (Å²) >= 11 is 0. The summed E-state index contributed by atoms with van der Waals surface area (Å²) in [5, 5.41) is 3.48. The minimum atomic E-state index is 0.276. The van der Waals surface area contributed by atoms with Gasteiger partial charge in [0.15, 0.2) is 0 Å². The molecule has 1 aromatic rings. The van der Waals surface area contributed by atoms with Crippen LogP contribution in [0.3, 0.4) is 0 Å². The Morgan fingerprint density at radius 1 is 1.31 bits per heavy atom. The van der Waals surface area contributed by atoms with Gasteiger partial charge in [0, 0.05) is 18.0 Å². The zero-order valence-electron chi connectivity index (χ0n) is 10.9. The van der Waals surface area contributed by atoms with Crippen LogP contribution in [0.15, 0.2) is 24.3 Å². The summed E-state index contributed by atoms with van der Waals surface area (Å²) in [7, 11) is 0. The molecule has 1 saturated heterocycles. The van der Waals surface area contributed by atoms with Gasteiger partial charge in [-0.15, -0.1) is 0 Å². The van der Waals surface area contributed by atoms with Crippen molar-refractivity contribution in [2.24, 2.45) is 0 Å². The molecule has 0 aromatic heterocycles. The largest absolute Gasteiger partial charge is 0.310 e. The molecule has 2 atom stereocenters. The Bertz CT molecular complexity index is 350. The third-order valence-electron chi connectivity index (χ3n) is 4.15. The quantitative estimate of drug-likeness (QED) is 0.814. The molecule has 0 saturated carbocycles. The SMILES string of the molecule is CCC(C)c1ccc(C2CNC2(C)C)cc1. The average molecular weight is 217 g/mol. The van der Waals surface area contributed by atoms with Gasteiger partial charge >= 0.3 is 0 Å². The predicted molar refractivity (Wildman–Crippen MR) is 70.0 cm³/mol. The fourth-order valence-electron chi connectivity index (χ4n) is 2.44. The number of nitrogens with one attached hydrogen (secondary N) is 1. The topological polar surface area (TPSA) is 12.0 Å². The maximum atomic E-state index is 3.48. The average Bonchev–Trinajstić information content (AvgIpc) is 2.28. The van der Waals surface area contributed by atoms with Crippen molar-refractivity contribution >= 4 is 0 Å². The number of benzene rings is 1. The first kappa shape index (κ1) is 11.7. The van der Waals surface area contributed by atoms with Gasteiger partial charge in [-0.1, -0.05) is 38.1 Å². The third-order valence-corrected chi connectivity index (χ3v) is 4.15. The van der Waals surface area contributed by atoms with Crippen LogP contribution >= 0.6 is 0 Å². The summed E-state index contributed by atoms with van der Waals surface area (Å²) in [6, 6.07) is 9.24. The molecule has 2 rings (SSSR count). The van der Waals surface area contributed by atoms with Gasteiger partial charge in [-0.25, -0.2) is 0 Å². The molecule has 0 amide bonds. The molecular weight excluding hydrogens is 194 g/mol. The standard InChI is InChI=1S/C15H23N/c1-5-11(2)12-6-8-13(9-7-12)14-10-16-15(14,3)4/h6-9,11,14,16H,5,10H2,1-4H3. The summed E-state index contributed by atoms with van der Waals surface area (Å²) in [5.41, 5.74) is 3.23. The van der Waals surface area contributed by atoms with Crippen LogP contribution in [0.4, 0.5) is 0 Å². The molecular formula is C15H23N. The molecule has 1 heterocycles. The van der Waals surface area contributed by atoms with Gasteiger partial charge in [-0.3, -0.25) is 0 Å². The van der Waals surface area contributed by atoms with Crippen LogP contribution in [-0.2, 0) is 0 Å². The van der Waals surface area contributed by atoms with E-state index in [1.54, 1.807) is 0 Å². The van der Waals surface area contributed by atoms with Gasteiger partial charge < -0.3 is 5.32 Å². The Labute approximate surface area is 99.3 Å². The molecule has 1 aromatic carbocycles. The second-order valence-corrected chi connectivity index (χ2v) is 5.63. The van der Waals surface area contributed by atoms with E-state index in [2.05, 4.69) is 57.3 Å². The van der Waals surface area contributed by atoms with Crippen molar-refractivity contribution in [3.63, 3.8) is 0 Å². The second kappa shape index (κ2) is 4.21. The lowest BCUT2D eigenvalue weighted by Gasteiger charge is -2.46. The summed E-state index contributed by atoms with van der Waals surface area (Å²) in [6.07, 6.45) is 1.22.